The molecule has 0 spiro atoms. The van der Waals surface area contributed by atoms with Crippen molar-refractivity contribution in [2.75, 3.05) is 7.05 Å². The van der Waals surface area contributed by atoms with Crippen molar-refractivity contribution in [3.8, 4) is 0 Å². The van der Waals surface area contributed by atoms with Crippen molar-refractivity contribution in [1.82, 2.24) is 5.32 Å². The quantitative estimate of drug-likeness (QED) is 0.738. The topological polar surface area (TPSA) is 12.0 Å². The SMILES string of the molecule is CNC(c1ccc(C)cc1)c1cc2cc(F)ccc2s1. The second kappa shape index (κ2) is 5.35. The largest absolute Gasteiger partial charge is 0.309 e. The molecule has 0 aliphatic carbocycles. The molecule has 3 rings (SSSR count). The van der Waals surface area contributed by atoms with Gasteiger partial charge in [0.15, 0.2) is 0 Å². The van der Waals surface area contributed by atoms with Gasteiger partial charge in [-0.1, -0.05) is 29.8 Å². The summed E-state index contributed by atoms with van der Waals surface area (Å²) in [6.07, 6.45) is 0. The first kappa shape index (κ1) is 13.3. The number of aryl methyl sites for hydroxylation is 1. The Labute approximate surface area is 122 Å². The lowest BCUT2D eigenvalue weighted by Gasteiger charge is -2.15. The van der Waals surface area contributed by atoms with Gasteiger partial charge in [-0.25, -0.2) is 4.39 Å². The van der Waals surface area contributed by atoms with Crippen LogP contribution in [0.4, 0.5) is 4.39 Å². The van der Waals surface area contributed by atoms with Gasteiger partial charge in [-0.05, 0) is 49.2 Å². The summed E-state index contributed by atoms with van der Waals surface area (Å²) in [6.45, 7) is 2.08. The van der Waals surface area contributed by atoms with Gasteiger partial charge in [0.1, 0.15) is 5.82 Å². The number of hydrogen-bond donors (Lipinski definition) is 1. The van der Waals surface area contributed by atoms with Crippen LogP contribution in [0.2, 0.25) is 0 Å². The Balaban J connectivity index is 2.04. The molecule has 1 heterocycles. The summed E-state index contributed by atoms with van der Waals surface area (Å²) in [6, 6.07) is 15.7. The first-order valence-electron chi connectivity index (χ1n) is 6.60. The maximum atomic E-state index is 13.3. The van der Waals surface area contributed by atoms with Gasteiger partial charge in [-0.3, -0.25) is 0 Å². The molecule has 3 heteroatoms. The van der Waals surface area contributed by atoms with Gasteiger partial charge in [0, 0.05) is 9.58 Å². The monoisotopic (exact) mass is 285 g/mol. The maximum Gasteiger partial charge on any atom is 0.123 e. The molecule has 0 fully saturated rings. The summed E-state index contributed by atoms with van der Waals surface area (Å²) >= 11 is 1.71. The van der Waals surface area contributed by atoms with E-state index >= 15 is 0 Å². The van der Waals surface area contributed by atoms with E-state index in [1.54, 1.807) is 17.4 Å². The van der Waals surface area contributed by atoms with E-state index in [9.17, 15) is 4.39 Å². The van der Waals surface area contributed by atoms with Crippen molar-refractivity contribution in [2.45, 2.75) is 13.0 Å². The van der Waals surface area contributed by atoms with Crippen molar-refractivity contribution < 1.29 is 4.39 Å². The third-order valence-corrected chi connectivity index (χ3v) is 4.66. The molecule has 1 unspecified atom stereocenters. The number of benzene rings is 2. The van der Waals surface area contributed by atoms with E-state index in [-0.39, 0.29) is 11.9 Å². The molecular weight excluding hydrogens is 269 g/mol. The molecule has 3 aromatic rings. The minimum atomic E-state index is -0.182. The summed E-state index contributed by atoms with van der Waals surface area (Å²) < 4.78 is 14.4. The summed E-state index contributed by atoms with van der Waals surface area (Å²) in [5.41, 5.74) is 2.48. The Kier molecular flexibility index (Phi) is 3.55. The van der Waals surface area contributed by atoms with Crippen LogP contribution in [0, 0.1) is 12.7 Å². The summed E-state index contributed by atoms with van der Waals surface area (Å²) in [5.74, 6) is -0.182. The second-order valence-corrected chi connectivity index (χ2v) is 6.08. The van der Waals surface area contributed by atoms with E-state index < -0.39 is 0 Å². The molecule has 20 heavy (non-hydrogen) atoms. The molecule has 1 atom stereocenters. The van der Waals surface area contributed by atoms with Gasteiger partial charge in [-0.2, -0.15) is 0 Å². The summed E-state index contributed by atoms with van der Waals surface area (Å²) in [7, 11) is 1.95. The van der Waals surface area contributed by atoms with Crippen LogP contribution in [0.25, 0.3) is 10.1 Å². The predicted molar refractivity (Wildman–Crippen MR) is 83.9 cm³/mol. The second-order valence-electron chi connectivity index (χ2n) is 4.96. The van der Waals surface area contributed by atoms with Crippen LogP contribution in [0.5, 0.6) is 0 Å². The fourth-order valence-electron chi connectivity index (χ4n) is 2.41. The highest BCUT2D eigenvalue weighted by Crippen LogP contribution is 2.33. The molecule has 0 aliphatic rings. The van der Waals surface area contributed by atoms with E-state index in [1.165, 1.54) is 22.1 Å². The van der Waals surface area contributed by atoms with Crippen molar-refractivity contribution in [3.63, 3.8) is 0 Å². The van der Waals surface area contributed by atoms with Crippen LogP contribution in [0.1, 0.15) is 22.0 Å². The van der Waals surface area contributed by atoms with Crippen LogP contribution < -0.4 is 5.32 Å². The molecule has 1 aromatic heterocycles. The van der Waals surface area contributed by atoms with E-state index in [1.807, 2.05) is 13.1 Å². The maximum absolute atomic E-state index is 13.3. The number of fused-ring (bicyclic) bond motifs is 1. The third kappa shape index (κ3) is 2.47. The number of hydrogen-bond acceptors (Lipinski definition) is 2. The van der Waals surface area contributed by atoms with Gasteiger partial charge >= 0.3 is 0 Å². The number of rotatable bonds is 3. The van der Waals surface area contributed by atoms with Gasteiger partial charge in [-0.15, -0.1) is 11.3 Å². The number of thiophene rings is 1. The van der Waals surface area contributed by atoms with E-state index in [4.69, 9.17) is 0 Å². The first-order valence-corrected chi connectivity index (χ1v) is 7.42. The highest BCUT2D eigenvalue weighted by atomic mass is 32.1. The molecule has 0 radical (unpaired) electrons. The van der Waals surface area contributed by atoms with Crippen molar-refractivity contribution in [3.05, 3.63) is 70.4 Å². The lowest BCUT2D eigenvalue weighted by molar-refractivity contribution is 0.630. The van der Waals surface area contributed by atoms with E-state index in [0.29, 0.717) is 0 Å². The highest BCUT2D eigenvalue weighted by Gasteiger charge is 2.15. The molecule has 0 aliphatic heterocycles. The van der Waals surface area contributed by atoms with Crippen LogP contribution in [0.15, 0.2) is 48.5 Å². The predicted octanol–water partition coefficient (Wildman–Crippen LogP) is 4.66. The zero-order valence-electron chi connectivity index (χ0n) is 11.5. The van der Waals surface area contributed by atoms with Crippen LogP contribution in [-0.2, 0) is 0 Å². The molecular formula is C17H16FNS. The number of halogens is 1. The Morgan fingerprint density at radius 2 is 1.80 bits per heavy atom. The highest BCUT2D eigenvalue weighted by molar-refractivity contribution is 7.19. The van der Waals surface area contributed by atoms with E-state index in [2.05, 4.69) is 42.6 Å². The van der Waals surface area contributed by atoms with Gasteiger partial charge in [0.2, 0.25) is 0 Å². The van der Waals surface area contributed by atoms with Crippen LogP contribution >= 0.6 is 11.3 Å². The molecule has 1 N–H and O–H groups in total. The minimum Gasteiger partial charge on any atom is -0.309 e. The van der Waals surface area contributed by atoms with Gasteiger partial charge in [0.25, 0.3) is 0 Å². The molecule has 0 amide bonds. The molecule has 102 valence electrons. The summed E-state index contributed by atoms with van der Waals surface area (Å²) in [5, 5.41) is 4.32. The lowest BCUT2D eigenvalue weighted by Crippen LogP contribution is -2.16. The lowest BCUT2D eigenvalue weighted by atomic mass is 10.0. The first-order chi connectivity index (χ1) is 9.67. The smallest absolute Gasteiger partial charge is 0.123 e. The fourth-order valence-corrected chi connectivity index (χ4v) is 3.59. The zero-order valence-corrected chi connectivity index (χ0v) is 12.3. The average Bonchev–Trinajstić information content (AvgIpc) is 2.84. The van der Waals surface area contributed by atoms with Gasteiger partial charge < -0.3 is 5.32 Å². The molecule has 2 aromatic carbocycles. The normalized spacial score (nSPS) is 12.8. The van der Waals surface area contributed by atoms with Crippen molar-refractivity contribution in [2.24, 2.45) is 0 Å². The Morgan fingerprint density at radius 3 is 2.50 bits per heavy atom. The molecule has 0 saturated carbocycles. The number of nitrogens with one attached hydrogen (secondary N) is 1. The molecule has 0 saturated heterocycles. The van der Waals surface area contributed by atoms with E-state index in [0.717, 1.165) is 10.1 Å². The Bertz CT molecular complexity index is 730. The minimum absolute atomic E-state index is 0.149. The van der Waals surface area contributed by atoms with Crippen molar-refractivity contribution in [1.29, 1.82) is 0 Å². The average molecular weight is 285 g/mol. The standard InChI is InChI=1S/C17H16FNS/c1-11-3-5-12(6-4-11)17(19-2)16-10-13-9-14(18)7-8-15(13)20-16/h3-10,17,19H,1-2H3. The van der Waals surface area contributed by atoms with Gasteiger partial charge in [0.05, 0.1) is 6.04 Å². The molecule has 1 nitrogen and oxygen atoms in total. The fraction of sp³-hybridized carbons (Fsp3) is 0.176. The summed E-state index contributed by atoms with van der Waals surface area (Å²) in [4.78, 5) is 1.21. The van der Waals surface area contributed by atoms with Crippen molar-refractivity contribution >= 4 is 21.4 Å². The Morgan fingerprint density at radius 1 is 1.05 bits per heavy atom. The third-order valence-electron chi connectivity index (χ3n) is 3.48. The zero-order chi connectivity index (χ0) is 14.1. The Hall–Kier alpha value is -1.71. The van der Waals surface area contributed by atoms with Crippen LogP contribution in [-0.4, -0.2) is 7.05 Å². The molecule has 0 bridgehead atoms. The van der Waals surface area contributed by atoms with Crippen LogP contribution in [0.3, 0.4) is 0 Å².